The second kappa shape index (κ2) is 7.06. The van der Waals surface area contributed by atoms with Gasteiger partial charge in [0.15, 0.2) is 6.61 Å². The molecule has 0 radical (unpaired) electrons. The van der Waals surface area contributed by atoms with Crippen LogP contribution in [0.3, 0.4) is 0 Å². The zero-order chi connectivity index (χ0) is 18.9. The molecule has 1 saturated carbocycles. The Hall–Kier alpha value is -2.42. The second-order valence-electron chi connectivity index (χ2n) is 6.56. The summed E-state index contributed by atoms with van der Waals surface area (Å²) in [5.74, 6) is -0.452. The van der Waals surface area contributed by atoms with Crippen LogP contribution in [0.5, 0.6) is 0 Å². The minimum Gasteiger partial charge on any atom is -0.454 e. The van der Waals surface area contributed by atoms with Crippen LogP contribution in [0, 0.1) is 5.92 Å². The van der Waals surface area contributed by atoms with Gasteiger partial charge in [-0.2, -0.15) is 0 Å². The highest BCUT2D eigenvalue weighted by molar-refractivity contribution is 7.90. The predicted octanol–water partition coefficient (Wildman–Crippen LogP) is 0.571. The maximum absolute atomic E-state index is 12.1. The van der Waals surface area contributed by atoms with Crippen molar-refractivity contribution in [2.24, 2.45) is 10.9 Å². The molecule has 2 aliphatic rings. The topological polar surface area (TPSA) is 114 Å². The van der Waals surface area contributed by atoms with Crippen LogP contribution in [0.15, 0.2) is 34.2 Å². The Labute approximate surface area is 152 Å². The van der Waals surface area contributed by atoms with E-state index in [2.05, 4.69) is 15.0 Å². The van der Waals surface area contributed by atoms with Crippen LogP contribution in [-0.4, -0.2) is 44.8 Å². The van der Waals surface area contributed by atoms with Crippen molar-refractivity contribution in [2.45, 2.75) is 43.7 Å². The van der Waals surface area contributed by atoms with Crippen LogP contribution in [0.1, 0.15) is 32.3 Å². The first-order valence-electron chi connectivity index (χ1n) is 8.44. The van der Waals surface area contributed by atoms with Gasteiger partial charge in [0.1, 0.15) is 11.9 Å². The fraction of sp³-hybridized carbons (Fsp3) is 0.471. The number of hydrogen-bond donors (Lipinski definition) is 2. The van der Waals surface area contributed by atoms with Crippen molar-refractivity contribution >= 4 is 27.7 Å². The van der Waals surface area contributed by atoms with E-state index in [9.17, 15) is 18.0 Å². The molecule has 1 aromatic rings. The third kappa shape index (κ3) is 4.04. The summed E-state index contributed by atoms with van der Waals surface area (Å²) < 4.78 is 31.4. The number of ether oxygens (including phenoxy) is 1. The summed E-state index contributed by atoms with van der Waals surface area (Å²) in [6.45, 7) is 3.03. The van der Waals surface area contributed by atoms with Gasteiger partial charge < -0.3 is 10.1 Å². The number of benzene rings is 1. The maximum Gasteiger partial charge on any atom is 0.331 e. The molecule has 1 aliphatic carbocycles. The van der Waals surface area contributed by atoms with Crippen LogP contribution in [0.2, 0.25) is 0 Å². The van der Waals surface area contributed by atoms with Crippen LogP contribution in [-0.2, 0) is 24.3 Å². The molecule has 1 aliphatic heterocycles. The SMILES string of the molecule is C[C@H](N=C1NS(=O)(=O)c2ccccc21)C(=O)OCC(=O)N[C@H](C)C1CC1. The summed E-state index contributed by atoms with van der Waals surface area (Å²) in [6, 6.07) is 5.49. The summed E-state index contributed by atoms with van der Waals surface area (Å²) in [5, 5.41) is 2.79. The first-order valence-corrected chi connectivity index (χ1v) is 9.92. The molecule has 1 fully saturated rings. The van der Waals surface area contributed by atoms with Gasteiger partial charge in [0, 0.05) is 11.6 Å². The van der Waals surface area contributed by atoms with Gasteiger partial charge in [0.05, 0.1) is 4.90 Å². The van der Waals surface area contributed by atoms with Gasteiger partial charge in [-0.3, -0.25) is 14.5 Å². The van der Waals surface area contributed by atoms with Crippen LogP contribution < -0.4 is 10.0 Å². The summed E-state index contributed by atoms with van der Waals surface area (Å²) in [5.41, 5.74) is 0.406. The van der Waals surface area contributed by atoms with Gasteiger partial charge in [0.25, 0.3) is 15.9 Å². The van der Waals surface area contributed by atoms with Crippen molar-refractivity contribution in [3.05, 3.63) is 29.8 Å². The van der Waals surface area contributed by atoms with E-state index in [4.69, 9.17) is 4.74 Å². The fourth-order valence-electron chi connectivity index (χ4n) is 2.74. The number of amides is 1. The number of carbonyl (C=O) groups is 2. The van der Waals surface area contributed by atoms with E-state index in [1.54, 1.807) is 18.2 Å². The predicted molar refractivity (Wildman–Crippen MR) is 94.1 cm³/mol. The monoisotopic (exact) mass is 379 g/mol. The first kappa shape index (κ1) is 18.4. The quantitative estimate of drug-likeness (QED) is 0.702. The van der Waals surface area contributed by atoms with Gasteiger partial charge in [-0.15, -0.1) is 0 Å². The molecule has 9 heteroatoms. The van der Waals surface area contributed by atoms with Gasteiger partial charge in [-0.1, -0.05) is 12.1 Å². The lowest BCUT2D eigenvalue weighted by Crippen LogP contribution is -2.37. The summed E-state index contributed by atoms with van der Waals surface area (Å²) in [7, 11) is -3.66. The third-order valence-corrected chi connectivity index (χ3v) is 5.79. The molecule has 140 valence electrons. The molecule has 0 spiro atoms. The minimum atomic E-state index is -3.66. The highest BCUT2D eigenvalue weighted by Gasteiger charge is 2.32. The van der Waals surface area contributed by atoms with Crippen molar-refractivity contribution in [3.63, 3.8) is 0 Å². The summed E-state index contributed by atoms with van der Waals surface area (Å²) in [4.78, 5) is 28.1. The molecule has 0 bridgehead atoms. The molecule has 3 rings (SSSR count). The lowest BCUT2D eigenvalue weighted by Gasteiger charge is -2.13. The average Bonchev–Trinajstić information content (AvgIpc) is 3.40. The molecular formula is C17H21N3O5S. The van der Waals surface area contributed by atoms with Gasteiger partial charge >= 0.3 is 5.97 Å². The van der Waals surface area contributed by atoms with Gasteiger partial charge in [-0.25, -0.2) is 13.2 Å². The number of fused-ring (bicyclic) bond motifs is 1. The van der Waals surface area contributed by atoms with Crippen LogP contribution >= 0.6 is 0 Å². The molecule has 1 heterocycles. The van der Waals surface area contributed by atoms with Crippen LogP contribution in [0.25, 0.3) is 0 Å². The number of aliphatic imine (C=N–C) groups is 1. The van der Waals surface area contributed by atoms with Crippen molar-refractivity contribution < 1.29 is 22.7 Å². The normalized spacial score (nSPS) is 21.4. The number of rotatable bonds is 6. The van der Waals surface area contributed by atoms with E-state index in [-0.39, 0.29) is 29.3 Å². The molecule has 26 heavy (non-hydrogen) atoms. The smallest absolute Gasteiger partial charge is 0.331 e. The van der Waals surface area contributed by atoms with Gasteiger partial charge in [0.2, 0.25) is 0 Å². The number of nitrogens with one attached hydrogen (secondary N) is 2. The summed E-state index contributed by atoms with van der Waals surface area (Å²) in [6.07, 6.45) is 2.21. The Bertz CT molecular complexity index is 861. The number of hydrogen-bond acceptors (Lipinski definition) is 6. The van der Waals surface area contributed by atoms with Crippen molar-refractivity contribution in [3.8, 4) is 0 Å². The zero-order valence-electron chi connectivity index (χ0n) is 14.6. The van der Waals surface area contributed by atoms with E-state index in [0.29, 0.717) is 11.5 Å². The summed E-state index contributed by atoms with van der Waals surface area (Å²) >= 11 is 0. The molecule has 2 N–H and O–H groups in total. The van der Waals surface area contributed by atoms with Crippen LogP contribution in [0.4, 0.5) is 0 Å². The van der Waals surface area contributed by atoms with E-state index < -0.39 is 22.0 Å². The minimum absolute atomic E-state index is 0.0725. The molecule has 1 amide bonds. The largest absolute Gasteiger partial charge is 0.454 e. The third-order valence-electron chi connectivity index (χ3n) is 4.39. The lowest BCUT2D eigenvalue weighted by atomic mass is 10.2. The maximum atomic E-state index is 12.1. The molecular weight excluding hydrogens is 358 g/mol. The number of nitrogens with zero attached hydrogens (tertiary/aromatic N) is 1. The van der Waals surface area contributed by atoms with Crippen molar-refractivity contribution in [1.29, 1.82) is 0 Å². The highest BCUT2D eigenvalue weighted by Crippen LogP contribution is 2.32. The number of carbonyl (C=O) groups excluding carboxylic acids is 2. The van der Waals surface area contributed by atoms with E-state index in [1.165, 1.54) is 13.0 Å². The molecule has 1 aromatic carbocycles. The molecule has 8 nitrogen and oxygen atoms in total. The average molecular weight is 379 g/mol. The number of amidine groups is 1. The fourth-order valence-corrected chi connectivity index (χ4v) is 3.98. The molecule has 0 saturated heterocycles. The van der Waals surface area contributed by atoms with E-state index in [1.807, 2.05) is 6.92 Å². The standard InChI is InChI=1S/C17H21N3O5S/c1-10(12-7-8-12)18-15(21)9-25-17(22)11(2)19-16-13-5-3-4-6-14(13)26(23,24)20-16/h3-6,10-12H,7-9H2,1-2H3,(H,18,21)(H,19,20)/t10-,11+/m1/s1. The number of esters is 1. The Morgan fingerprint density at radius 3 is 2.69 bits per heavy atom. The van der Waals surface area contributed by atoms with E-state index in [0.717, 1.165) is 12.8 Å². The lowest BCUT2D eigenvalue weighted by molar-refractivity contribution is -0.149. The van der Waals surface area contributed by atoms with Crippen molar-refractivity contribution in [2.75, 3.05) is 6.61 Å². The highest BCUT2D eigenvalue weighted by atomic mass is 32.2. The Balaban J connectivity index is 1.59. The van der Waals surface area contributed by atoms with E-state index >= 15 is 0 Å². The Morgan fingerprint density at radius 2 is 2.00 bits per heavy atom. The van der Waals surface area contributed by atoms with Gasteiger partial charge in [-0.05, 0) is 44.7 Å². The van der Waals surface area contributed by atoms with Crippen molar-refractivity contribution in [1.82, 2.24) is 10.0 Å². The molecule has 2 atom stereocenters. The molecule has 0 aromatic heterocycles. The number of sulfonamides is 1. The zero-order valence-corrected chi connectivity index (χ0v) is 15.4. The first-order chi connectivity index (χ1) is 12.3. The Morgan fingerprint density at radius 1 is 1.31 bits per heavy atom. The second-order valence-corrected chi connectivity index (χ2v) is 8.21. The molecule has 0 unspecified atom stereocenters. The Kier molecular flexibility index (Phi) is 4.99.